The number of rotatable bonds is 5. The first-order valence-corrected chi connectivity index (χ1v) is 8.94. The monoisotopic (exact) mass is 339 g/mol. The first-order valence-electron chi connectivity index (χ1n) is 8.94. The van der Waals surface area contributed by atoms with Gasteiger partial charge in [0.15, 0.2) is 5.82 Å². The largest absolute Gasteiger partial charge is 0.367 e. The van der Waals surface area contributed by atoms with E-state index in [1.807, 2.05) is 31.0 Å². The Balaban J connectivity index is 1.79. The van der Waals surface area contributed by atoms with Gasteiger partial charge in [-0.15, -0.1) is 5.10 Å². The zero-order valence-corrected chi connectivity index (χ0v) is 15.2. The van der Waals surface area contributed by atoms with Crippen molar-refractivity contribution in [2.75, 3.05) is 23.3 Å². The van der Waals surface area contributed by atoms with E-state index in [0.29, 0.717) is 11.4 Å². The molecule has 2 aromatic heterocycles. The van der Waals surface area contributed by atoms with E-state index in [4.69, 9.17) is 0 Å². The lowest BCUT2D eigenvalue weighted by molar-refractivity contribution is 0.528. The fraction of sp³-hybridized carbons (Fsp3) is 0.556. The van der Waals surface area contributed by atoms with Crippen molar-refractivity contribution in [1.82, 2.24) is 20.0 Å². The van der Waals surface area contributed by atoms with Crippen LogP contribution in [0.3, 0.4) is 0 Å². The molecule has 3 rings (SSSR count). The van der Waals surface area contributed by atoms with Gasteiger partial charge in [-0.05, 0) is 31.2 Å². The predicted molar refractivity (Wildman–Crippen MR) is 97.6 cm³/mol. The first-order chi connectivity index (χ1) is 12.2. The van der Waals surface area contributed by atoms with E-state index in [9.17, 15) is 5.26 Å². The van der Waals surface area contributed by atoms with Gasteiger partial charge in [-0.2, -0.15) is 15.5 Å². The maximum absolute atomic E-state index is 9.63. The molecule has 1 atom stereocenters. The molecule has 3 heterocycles. The molecule has 0 aromatic carbocycles. The minimum absolute atomic E-state index is 0.243. The van der Waals surface area contributed by atoms with Crippen molar-refractivity contribution in [3.8, 4) is 6.07 Å². The Morgan fingerprint density at radius 2 is 2.16 bits per heavy atom. The predicted octanol–water partition coefficient (Wildman–Crippen LogP) is 2.29. The Kier molecular flexibility index (Phi) is 5.17. The van der Waals surface area contributed by atoms with Crippen molar-refractivity contribution < 1.29 is 0 Å². The molecule has 7 nitrogen and oxygen atoms in total. The van der Waals surface area contributed by atoms with E-state index >= 15 is 0 Å². The lowest BCUT2D eigenvalue weighted by Gasteiger charge is -2.34. The molecule has 1 aliphatic heterocycles. The number of nitrogens with one attached hydrogen (secondary N) is 1. The first kappa shape index (κ1) is 17.2. The number of hydrogen-bond donors (Lipinski definition) is 1. The number of nitriles is 1. The van der Waals surface area contributed by atoms with Crippen molar-refractivity contribution in [3.05, 3.63) is 29.2 Å². The van der Waals surface area contributed by atoms with Crippen molar-refractivity contribution in [2.45, 2.75) is 45.6 Å². The molecule has 1 aliphatic rings. The van der Waals surface area contributed by atoms with Crippen molar-refractivity contribution in [2.24, 2.45) is 7.05 Å². The highest BCUT2D eigenvalue weighted by Gasteiger charge is 2.23. The summed E-state index contributed by atoms with van der Waals surface area (Å²) >= 11 is 0. The zero-order chi connectivity index (χ0) is 17.8. The third-order valence-corrected chi connectivity index (χ3v) is 4.78. The number of piperidine rings is 1. The molecule has 2 aromatic rings. The third-order valence-electron chi connectivity index (χ3n) is 4.78. The number of aryl methyl sites for hydroxylation is 2. The average molecular weight is 339 g/mol. The van der Waals surface area contributed by atoms with Gasteiger partial charge in [-0.25, -0.2) is 0 Å². The standard InChI is InChI=1S/C18H25N7/c1-4-15-16(9-19)18(23-22-17(15)5-2)21-13-7-6-8-25(11-13)14-10-20-24(3)12-14/h10,12-13H,4-8,11H2,1-3H3,(H,21,23)/t13-/m1/s1. The van der Waals surface area contributed by atoms with Crippen molar-refractivity contribution >= 4 is 11.5 Å². The summed E-state index contributed by atoms with van der Waals surface area (Å²) in [5.41, 5.74) is 3.72. The Morgan fingerprint density at radius 1 is 1.32 bits per heavy atom. The fourth-order valence-corrected chi connectivity index (χ4v) is 3.49. The molecule has 1 saturated heterocycles. The topological polar surface area (TPSA) is 82.7 Å². The van der Waals surface area contributed by atoms with Crippen LogP contribution in [0.1, 0.15) is 43.5 Å². The molecule has 0 aliphatic carbocycles. The molecule has 0 spiro atoms. The lowest BCUT2D eigenvalue weighted by atomic mass is 10.0. The van der Waals surface area contributed by atoms with Crippen LogP contribution in [0.25, 0.3) is 0 Å². The van der Waals surface area contributed by atoms with Crippen LogP contribution in [0.15, 0.2) is 12.4 Å². The van der Waals surface area contributed by atoms with E-state index in [1.165, 1.54) is 0 Å². The van der Waals surface area contributed by atoms with Gasteiger partial charge < -0.3 is 10.2 Å². The van der Waals surface area contributed by atoms with Gasteiger partial charge >= 0.3 is 0 Å². The van der Waals surface area contributed by atoms with Crippen LogP contribution in [0.2, 0.25) is 0 Å². The van der Waals surface area contributed by atoms with E-state index in [1.54, 1.807) is 0 Å². The van der Waals surface area contributed by atoms with Crippen LogP contribution in [0.4, 0.5) is 11.5 Å². The van der Waals surface area contributed by atoms with E-state index < -0.39 is 0 Å². The van der Waals surface area contributed by atoms with Crippen molar-refractivity contribution in [1.29, 1.82) is 5.26 Å². The molecule has 1 fully saturated rings. The summed E-state index contributed by atoms with van der Waals surface area (Å²) in [7, 11) is 1.93. The highest BCUT2D eigenvalue weighted by atomic mass is 15.3. The highest BCUT2D eigenvalue weighted by Crippen LogP contribution is 2.24. The minimum Gasteiger partial charge on any atom is -0.367 e. The van der Waals surface area contributed by atoms with E-state index in [0.717, 1.165) is 55.7 Å². The molecule has 0 bridgehead atoms. The number of anilines is 2. The van der Waals surface area contributed by atoms with Crippen LogP contribution < -0.4 is 10.2 Å². The maximum atomic E-state index is 9.63. The van der Waals surface area contributed by atoms with Crippen LogP contribution in [-0.2, 0) is 19.9 Å². The number of nitrogens with zero attached hydrogens (tertiary/aromatic N) is 6. The number of hydrogen-bond acceptors (Lipinski definition) is 6. The summed E-state index contributed by atoms with van der Waals surface area (Å²) in [5.74, 6) is 0.620. The minimum atomic E-state index is 0.243. The van der Waals surface area contributed by atoms with Gasteiger partial charge in [0, 0.05) is 32.4 Å². The second-order valence-electron chi connectivity index (χ2n) is 6.47. The average Bonchev–Trinajstić information content (AvgIpc) is 3.08. The highest BCUT2D eigenvalue weighted by molar-refractivity contribution is 5.57. The summed E-state index contributed by atoms with van der Waals surface area (Å²) in [4.78, 5) is 2.33. The summed E-state index contributed by atoms with van der Waals surface area (Å²) in [6.07, 6.45) is 7.67. The fourth-order valence-electron chi connectivity index (χ4n) is 3.49. The maximum Gasteiger partial charge on any atom is 0.167 e. The van der Waals surface area contributed by atoms with Crippen molar-refractivity contribution in [3.63, 3.8) is 0 Å². The van der Waals surface area contributed by atoms with Crippen LogP contribution in [0, 0.1) is 11.3 Å². The Bertz CT molecular complexity index is 774. The summed E-state index contributed by atoms with van der Waals surface area (Å²) in [5, 5.41) is 26.0. The molecule has 1 N–H and O–H groups in total. The second kappa shape index (κ2) is 7.51. The summed E-state index contributed by atoms with van der Waals surface area (Å²) < 4.78 is 1.82. The second-order valence-corrected chi connectivity index (χ2v) is 6.47. The van der Waals surface area contributed by atoms with Crippen LogP contribution in [-0.4, -0.2) is 39.1 Å². The Labute approximate surface area is 148 Å². The molecule has 7 heteroatoms. The number of aromatic nitrogens is 4. The summed E-state index contributed by atoms with van der Waals surface area (Å²) in [6, 6.07) is 2.58. The summed E-state index contributed by atoms with van der Waals surface area (Å²) in [6.45, 7) is 6.00. The third kappa shape index (κ3) is 3.58. The quantitative estimate of drug-likeness (QED) is 0.900. The van der Waals surface area contributed by atoms with Crippen LogP contribution in [0.5, 0.6) is 0 Å². The van der Waals surface area contributed by atoms with Gasteiger partial charge in [0.1, 0.15) is 11.6 Å². The smallest absolute Gasteiger partial charge is 0.167 e. The van der Waals surface area contributed by atoms with Gasteiger partial charge in [0.25, 0.3) is 0 Å². The molecule has 0 saturated carbocycles. The SMILES string of the molecule is CCc1nnc(N[C@@H]2CCCN(c3cnn(C)c3)C2)c(C#N)c1CC. The molecule has 0 radical (unpaired) electrons. The van der Waals surface area contributed by atoms with E-state index in [2.05, 4.69) is 38.5 Å². The molecule has 132 valence electrons. The lowest BCUT2D eigenvalue weighted by Crippen LogP contribution is -2.42. The normalized spacial score (nSPS) is 17.4. The van der Waals surface area contributed by atoms with Gasteiger partial charge in [-0.1, -0.05) is 13.8 Å². The molecule has 0 unspecified atom stereocenters. The van der Waals surface area contributed by atoms with Gasteiger partial charge in [-0.3, -0.25) is 4.68 Å². The zero-order valence-electron chi connectivity index (χ0n) is 15.2. The molecule has 0 amide bonds. The Morgan fingerprint density at radius 3 is 2.80 bits per heavy atom. The molecular formula is C18H25N7. The van der Waals surface area contributed by atoms with E-state index in [-0.39, 0.29) is 6.04 Å². The molecule has 25 heavy (non-hydrogen) atoms. The van der Waals surface area contributed by atoms with Gasteiger partial charge in [0.05, 0.1) is 17.6 Å². The van der Waals surface area contributed by atoms with Crippen LogP contribution >= 0.6 is 0 Å². The molecular weight excluding hydrogens is 314 g/mol. The van der Waals surface area contributed by atoms with Gasteiger partial charge in [0.2, 0.25) is 0 Å². The Hall–Kier alpha value is -2.62.